The van der Waals surface area contributed by atoms with Gasteiger partial charge in [0.05, 0.1) is 31.1 Å². The monoisotopic (exact) mass is 480 g/mol. The fraction of sp³-hybridized carbons (Fsp3) is 0.444. The molecule has 1 fully saturated rings. The fourth-order valence-corrected chi connectivity index (χ4v) is 4.86. The van der Waals surface area contributed by atoms with Crippen LogP contribution in [0.15, 0.2) is 48.5 Å². The number of carbonyl (C=O) groups excluding carboxylic acids is 2. The number of aliphatic carboxylic acids is 1. The molecule has 1 aliphatic carbocycles. The number of ether oxygens (including phenoxy) is 2. The van der Waals surface area contributed by atoms with E-state index < -0.39 is 29.6 Å². The van der Waals surface area contributed by atoms with Crippen molar-refractivity contribution in [2.24, 2.45) is 11.3 Å². The first kappa shape index (κ1) is 24.7. The van der Waals surface area contributed by atoms with Crippen LogP contribution in [0.4, 0.5) is 4.79 Å². The van der Waals surface area contributed by atoms with E-state index in [1.54, 1.807) is 6.92 Å². The number of carboxylic acids is 1. The predicted octanol–water partition coefficient (Wildman–Crippen LogP) is 3.55. The third-order valence-electron chi connectivity index (χ3n) is 7.13. The zero-order valence-electron chi connectivity index (χ0n) is 20.2. The lowest BCUT2D eigenvalue weighted by molar-refractivity contribution is -0.138. The molecule has 3 atom stereocenters. The largest absolute Gasteiger partial charge is 0.481 e. The van der Waals surface area contributed by atoms with E-state index in [1.807, 2.05) is 38.1 Å². The molecule has 1 heterocycles. The van der Waals surface area contributed by atoms with Crippen LogP contribution in [-0.2, 0) is 19.1 Å². The van der Waals surface area contributed by atoms with Gasteiger partial charge in [-0.3, -0.25) is 9.59 Å². The normalized spacial score (nSPS) is 21.8. The number of rotatable bonds is 8. The Labute approximate surface area is 205 Å². The van der Waals surface area contributed by atoms with E-state index in [9.17, 15) is 14.4 Å². The maximum absolute atomic E-state index is 13.1. The lowest BCUT2D eigenvalue weighted by Crippen LogP contribution is -2.56. The summed E-state index contributed by atoms with van der Waals surface area (Å²) in [6, 6.07) is 15.1. The van der Waals surface area contributed by atoms with E-state index >= 15 is 0 Å². The highest BCUT2D eigenvalue weighted by atomic mass is 16.5. The molecule has 0 aromatic heterocycles. The molecule has 8 nitrogen and oxygen atoms in total. The Balaban J connectivity index is 1.40. The third-order valence-corrected chi connectivity index (χ3v) is 7.13. The van der Waals surface area contributed by atoms with Gasteiger partial charge in [0.15, 0.2) is 0 Å². The summed E-state index contributed by atoms with van der Waals surface area (Å²) in [6.45, 7) is 5.87. The van der Waals surface area contributed by atoms with Gasteiger partial charge < -0.3 is 25.2 Å². The summed E-state index contributed by atoms with van der Waals surface area (Å²) in [5.41, 5.74) is 3.48. The van der Waals surface area contributed by atoms with Gasteiger partial charge >= 0.3 is 12.1 Å². The molecule has 0 bridgehead atoms. The molecule has 3 N–H and O–H groups in total. The number of benzene rings is 2. The van der Waals surface area contributed by atoms with E-state index in [0.717, 1.165) is 22.3 Å². The molecule has 0 radical (unpaired) electrons. The Kier molecular flexibility index (Phi) is 7.12. The van der Waals surface area contributed by atoms with Crippen LogP contribution in [0.1, 0.15) is 44.2 Å². The minimum Gasteiger partial charge on any atom is -0.481 e. The molecule has 2 aliphatic rings. The summed E-state index contributed by atoms with van der Waals surface area (Å²) >= 11 is 0. The lowest BCUT2D eigenvalue weighted by atomic mass is 9.83. The molecule has 2 aromatic rings. The second kappa shape index (κ2) is 10.1. The SMILES string of the molecule is CC(C)[C@H](CC(=O)O)NC(=O)C1(C)COCC1NC(=O)OCC1c2ccccc2-c2ccccc21. The third kappa shape index (κ3) is 5.03. The van der Waals surface area contributed by atoms with E-state index in [4.69, 9.17) is 14.6 Å². The van der Waals surface area contributed by atoms with Crippen molar-refractivity contribution < 1.29 is 29.0 Å². The number of amides is 2. The number of carboxylic acid groups (broad SMARTS) is 1. The number of hydrogen-bond donors (Lipinski definition) is 3. The van der Waals surface area contributed by atoms with Gasteiger partial charge in [-0.2, -0.15) is 0 Å². The fourth-order valence-electron chi connectivity index (χ4n) is 4.86. The van der Waals surface area contributed by atoms with E-state index in [0.29, 0.717) is 0 Å². The topological polar surface area (TPSA) is 114 Å². The molecule has 2 aromatic carbocycles. The maximum Gasteiger partial charge on any atom is 0.407 e. The molecule has 8 heteroatoms. The van der Waals surface area contributed by atoms with Crippen molar-refractivity contribution >= 4 is 18.0 Å². The van der Waals surface area contributed by atoms with Crippen molar-refractivity contribution in [2.75, 3.05) is 19.8 Å². The Morgan fingerprint density at radius 3 is 2.26 bits per heavy atom. The molecule has 1 saturated heterocycles. The molecule has 2 amide bonds. The minimum atomic E-state index is -1.04. The van der Waals surface area contributed by atoms with Crippen LogP contribution >= 0.6 is 0 Å². The van der Waals surface area contributed by atoms with Gasteiger partial charge in [-0.15, -0.1) is 0 Å². The number of alkyl carbamates (subject to hydrolysis) is 1. The Bertz CT molecular complexity index is 1070. The molecule has 0 spiro atoms. The highest BCUT2D eigenvalue weighted by molar-refractivity contribution is 5.85. The van der Waals surface area contributed by atoms with Crippen LogP contribution in [0, 0.1) is 11.3 Å². The molecule has 4 rings (SSSR count). The number of nitrogens with one attached hydrogen (secondary N) is 2. The first-order chi connectivity index (χ1) is 16.7. The standard InChI is InChI=1S/C27H32N2O6/c1-16(2)22(12-24(30)31)28-25(32)27(3)15-34-14-23(27)29-26(33)35-13-21-19-10-6-4-8-17(19)18-9-5-7-11-20(18)21/h4-11,16,21-23H,12-15H2,1-3H3,(H,28,32)(H,29,33)(H,30,31)/t22-,23?,27?/m0/s1. The van der Waals surface area contributed by atoms with Crippen LogP contribution in [0.3, 0.4) is 0 Å². The molecule has 2 unspecified atom stereocenters. The molecular formula is C27H32N2O6. The van der Waals surface area contributed by atoms with Crippen molar-refractivity contribution in [3.05, 3.63) is 59.7 Å². The van der Waals surface area contributed by atoms with Crippen molar-refractivity contribution in [1.82, 2.24) is 10.6 Å². The highest BCUT2D eigenvalue weighted by Crippen LogP contribution is 2.44. The number of hydrogen-bond acceptors (Lipinski definition) is 5. The van der Waals surface area contributed by atoms with Gasteiger partial charge in [-0.1, -0.05) is 62.4 Å². The summed E-state index contributed by atoms with van der Waals surface area (Å²) in [7, 11) is 0. The van der Waals surface area contributed by atoms with Gasteiger partial charge in [0.2, 0.25) is 5.91 Å². The van der Waals surface area contributed by atoms with Crippen LogP contribution in [-0.4, -0.2) is 55.0 Å². The van der Waals surface area contributed by atoms with Crippen molar-refractivity contribution in [2.45, 2.75) is 45.2 Å². The molecule has 0 saturated carbocycles. The summed E-state index contributed by atoms with van der Waals surface area (Å²) < 4.78 is 11.2. The zero-order chi connectivity index (χ0) is 25.2. The Morgan fingerprint density at radius 2 is 1.69 bits per heavy atom. The first-order valence-electron chi connectivity index (χ1n) is 11.9. The second-order valence-corrected chi connectivity index (χ2v) is 9.88. The highest BCUT2D eigenvalue weighted by Gasteiger charge is 2.48. The summed E-state index contributed by atoms with van der Waals surface area (Å²) in [6.07, 6.45) is -0.794. The number of carbonyl (C=O) groups is 3. The first-order valence-corrected chi connectivity index (χ1v) is 11.9. The van der Waals surface area contributed by atoms with E-state index in [1.165, 1.54) is 0 Å². The van der Waals surface area contributed by atoms with Crippen molar-refractivity contribution in [1.29, 1.82) is 0 Å². The van der Waals surface area contributed by atoms with Gasteiger partial charge in [0, 0.05) is 12.0 Å². The van der Waals surface area contributed by atoms with Crippen LogP contribution < -0.4 is 10.6 Å². The molecule has 186 valence electrons. The molecular weight excluding hydrogens is 448 g/mol. The quantitative estimate of drug-likeness (QED) is 0.533. The second-order valence-electron chi connectivity index (χ2n) is 9.88. The lowest BCUT2D eigenvalue weighted by Gasteiger charge is -2.31. The molecule has 35 heavy (non-hydrogen) atoms. The van der Waals surface area contributed by atoms with Crippen LogP contribution in [0.2, 0.25) is 0 Å². The van der Waals surface area contributed by atoms with Crippen molar-refractivity contribution in [3.63, 3.8) is 0 Å². The summed E-state index contributed by atoms with van der Waals surface area (Å²) in [4.78, 5) is 37.1. The minimum absolute atomic E-state index is 0.0606. The summed E-state index contributed by atoms with van der Waals surface area (Å²) in [5, 5.41) is 14.8. The summed E-state index contributed by atoms with van der Waals surface area (Å²) in [5.74, 6) is -1.45. The predicted molar refractivity (Wildman–Crippen MR) is 130 cm³/mol. The smallest absolute Gasteiger partial charge is 0.407 e. The Morgan fingerprint density at radius 1 is 1.09 bits per heavy atom. The van der Waals surface area contributed by atoms with Gasteiger partial charge in [0.1, 0.15) is 6.61 Å². The van der Waals surface area contributed by atoms with Gasteiger partial charge in [0.25, 0.3) is 0 Å². The van der Waals surface area contributed by atoms with Gasteiger partial charge in [-0.25, -0.2) is 4.79 Å². The van der Waals surface area contributed by atoms with E-state index in [2.05, 4.69) is 34.9 Å². The van der Waals surface area contributed by atoms with E-state index in [-0.39, 0.29) is 44.0 Å². The van der Waals surface area contributed by atoms with Crippen LogP contribution in [0.5, 0.6) is 0 Å². The van der Waals surface area contributed by atoms with Crippen molar-refractivity contribution in [3.8, 4) is 11.1 Å². The maximum atomic E-state index is 13.1. The molecule has 1 aliphatic heterocycles. The Hall–Kier alpha value is -3.39. The van der Waals surface area contributed by atoms with Crippen LogP contribution in [0.25, 0.3) is 11.1 Å². The number of fused-ring (bicyclic) bond motifs is 3. The zero-order valence-corrected chi connectivity index (χ0v) is 20.2. The average molecular weight is 481 g/mol. The van der Waals surface area contributed by atoms with Gasteiger partial charge in [-0.05, 0) is 35.1 Å². The average Bonchev–Trinajstić information content (AvgIpc) is 3.35.